The van der Waals surface area contributed by atoms with Crippen LogP contribution in [0, 0.1) is 0 Å². The summed E-state index contributed by atoms with van der Waals surface area (Å²) in [6.07, 6.45) is 4.66. The molecule has 2 rings (SSSR count). The van der Waals surface area contributed by atoms with E-state index in [2.05, 4.69) is 42.5 Å². The average Bonchev–Trinajstić information content (AvgIpc) is 2.97. The number of nitrogens with zero attached hydrogens (tertiary/aromatic N) is 4. The summed E-state index contributed by atoms with van der Waals surface area (Å²) in [7, 11) is 0. The van der Waals surface area contributed by atoms with Crippen LogP contribution in [0.15, 0.2) is 16.9 Å². The van der Waals surface area contributed by atoms with Gasteiger partial charge in [0, 0.05) is 26.2 Å². The molecule has 0 amide bonds. The van der Waals surface area contributed by atoms with Crippen molar-refractivity contribution in [1.82, 2.24) is 19.4 Å². The molecule has 6 heteroatoms. The first kappa shape index (κ1) is 20.5. The molecule has 0 spiro atoms. The molecule has 0 aliphatic heterocycles. The van der Waals surface area contributed by atoms with E-state index in [1.165, 1.54) is 12.8 Å². The molecule has 0 radical (unpaired) electrons. The van der Waals surface area contributed by atoms with Crippen molar-refractivity contribution < 1.29 is 0 Å². The normalized spacial score (nSPS) is 11.6. The third kappa shape index (κ3) is 5.10. The quantitative estimate of drug-likeness (QED) is 0.629. The lowest BCUT2D eigenvalue weighted by atomic mass is 10.2. The van der Waals surface area contributed by atoms with Crippen molar-refractivity contribution in [2.24, 2.45) is 0 Å². The van der Waals surface area contributed by atoms with E-state index < -0.39 is 0 Å². The number of imidazole rings is 1. The Labute approximate surface area is 157 Å². The van der Waals surface area contributed by atoms with Crippen LogP contribution in [0.1, 0.15) is 53.4 Å². The fourth-order valence-corrected chi connectivity index (χ4v) is 3.22. The Bertz CT molecular complexity index is 709. The Morgan fingerprint density at radius 3 is 2.23 bits per heavy atom. The molecule has 2 aromatic heterocycles. The third-order valence-corrected chi connectivity index (χ3v) is 5.02. The van der Waals surface area contributed by atoms with Crippen molar-refractivity contribution in [2.45, 2.75) is 59.9 Å². The number of pyridine rings is 1. The number of aromatic nitrogens is 3. The van der Waals surface area contributed by atoms with Crippen LogP contribution in [-0.4, -0.2) is 52.2 Å². The molecule has 0 bridgehead atoms. The average molecular weight is 362 g/mol. The van der Waals surface area contributed by atoms with E-state index in [4.69, 9.17) is 4.98 Å². The number of hydrogen-bond acceptors (Lipinski definition) is 4. The maximum absolute atomic E-state index is 12.4. The van der Waals surface area contributed by atoms with Crippen LogP contribution in [0.3, 0.4) is 0 Å². The summed E-state index contributed by atoms with van der Waals surface area (Å²) < 4.78 is 1.79. The van der Waals surface area contributed by atoms with Gasteiger partial charge in [-0.15, -0.1) is 0 Å². The smallest absolute Gasteiger partial charge is 0.327 e. The SMILES string of the molecule is CCCCN(CCCC)c1ccc2[nH]c(=O)n(CCN(CC)CC)c2n1. The number of fused-ring (bicyclic) bond motifs is 1. The molecule has 0 aliphatic carbocycles. The van der Waals surface area contributed by atoms with E-state index in [1.807, 2.05) is 12.1 Å². The maximum atomic E-state index is 12.4. The number of H-pyrrole nitrogens is 1. The van der Waals surface area contributed by atoms with Crippen LogP contribution in [0.2, 0.25) is 0 Å². The minimum Gasteiger partial charge on any atom is -0.357 e. The van der Waals surface area contributed by atoms with Crippen LogP contribution >= 0.6 is 0 Å². The molecule has 0 unspecified atom stereocenters. The lowest BCUT2D eigenvalue weighted by molar-refractivity contribution is 0.290. The largest absolute Gasteiger partial charge is 0.357 e. The molecule has 6 nitrogen and oxygen atoms in total. The van der Waals surface area contributed by atoms with Crippen molar-refractivity contribution in [3.05, 3.63) is 22.6 Å². The van der Waals surface area contributed by atoms with E-state index in [0.29, 0.717) is 6.54 Å². The van der Waals surface area contributed by atoms with Crippen LogP contribution < -0.4 is 10.6 Å². The molecule has 0 aromatic carbocycles. The molecule has 0 atom stereocenters. The summed E-state index contributed by atoms with van der Waals surface area (Å²) in [5.41, 5.74) is 1.53. The zero-order chi connectivity index (χ0) is 18.9. The molecule has 1 N–H and O–H groups in total. The Morgan fingerprint density at radius 1 is 1.00 bits per heavy atom. The summed E-state index contributed by atoms with van der Waals surface area (Å²) in [5, 5.41) is 0. The van der Waals surface area contributed by atoms with Gasteiger partial charge in [0.1, 0.15) is 5.82 Å². The van der Waals surface area contributed by atoms with Crippen molar-refractivity contribution in [2.75, 3.05) is 37.6 Å². The maximum Gasteiger partial charge on any atom is 0.327 e. The minimum atomic E-state index is -0.0644. The molecule has 2 aromatic rings. The number of hydrogen-bond donors (Lipinski definition) is 1. The van der Waals surface area contributed by atoms with Crippen molar-refractivity contribution in [3.8, 4) is 0 Å². The fraction of sp³-hybridized carbons (Fsp3) is 0.700. The molecule has 2 heterocycles. The van der Waals surface area contributed by atoms with Gasteiger partial charge in [-0.1, -0.05) is 40.5 Å². The zero-order valence-corrected chi connectivity index (χ0v) is 16.9. The second-order valence-corrected chi connectivity index (χ2v) is 6.84. The van der Waals surface area contributed by atoms with Gasteiger partial charge in [0.2, 0.25) is 0 Å². The first-order valence-electron chi connectivity index (χ1n) is 10.2. The van der Waals surface area contributed by atoms with Gasteiger partial charge in [-0.3, -0.25) is 4.57 Å². The van der Waals surface area contributed by atoms with Crippen LogP contribution in [0.25, 0.3) is 11.2 Å². The minimum absolute atomic E-state index is 0.0644. The topological polar surface area (TPSA) is 57.2 Å². The van der Waals surface area contributed by atoms with Crippen molar-refractivity contribution in [3.63, 3.8) is 0 Å². The monoisotopic (exact) mass is 361 g/mol. The lowest BCUT2D eigenvalue weighted by Crippen LogP contribution is -2.30. The number of nitrogens with one attached hydrogen (secondary N) is 1. The summed E-state index contributed by atoms with van der Waals surface area (Å²) in [5.74, 6) is 0.981. The van der Waals surface area contributed by atoms with Gasteiger partial charge >= 0.3 is 5.69 Å². The Hall–Kier alpha value is -1.82. The first-order chi connectivity index (χ1) is 12.6. The van der Waals surface area contributed by atoms with E-state index in [-0.39, 0.29) is 5.69 Å². The van der Waals surface area contributed by atoms with Gasteiger partial charge < -0.3 is 14.8 Å². The predicted octanol–water partition coefficient (Wildman–Crippen LogP) is 3.47. The highest BCUT2D eigenvalue weighted by molar-refractivity contribution is 5.73. The fourth-order valence-electron chi connectivity index (χ4n) is 3.22. The van der Waals surface area contributed by atoms with Gasteiger partial charge in [0.15, 0.2) is 5.65 Å². The highest BCUT2D eigenvalue weighted by Gasteiger charge is 2.13. The van der Waals surface area contributed by atoms with E-state index >= 15 is 0 Å². The van der Waals surface area contributed by atoms with Gasteiger partial charge in [0.05, 0.1) is 5.52 Å². The Balaban J connectivity index is 2.29. The molecule has 0 saturated carbocycles. The molecule has 0 fully saturated rings. The summed E-state index contributed by atoms with van der Waals surface area (Å²) in [6.45, 7) is 14.3. The van der Waals surface area contributed by atoms with E-state index in [1.54, 1.807) is 4.57 Å². The van der Waals surface area contributed by atoms with Crippen LogP contribution in [0.5, 0.6) is 0 Å². The number of unbranched alkanes of at least 4 members (excludes halogenated alkanes) is 2. The summed E-state index contributed by atoms with van der Waals surface area (Å²) in [6, 6.07) is 4.04. The number of anilines is 1. The van der Waals surface area contributed by atoms with Gasteiger partial charge in [0.25, 0.3) is 0 Å². The highest BCUT2D eigenvalue weighted by Crippen LogP contribution is 2.17. The number of aromatic amines is 1. The Morgan fingerprint density at radius 2 is 1.65 bits per heavy atom. The molecule has 26 heavy (non-hydrogen) atoms. The molecule has 0 saturated heterocycles. The molecular formula is C20H35N5O. The van der Waals surface area contributed by atoms with Crippen molar-refractivity contribution >= 4 is 17.0 Å². The molecular weight excluding hydrogens is 326 g/mol. The Kier molecular flexibility index (Phi) is 8.16. The standard InChI is InChI=1S/C20H35N5O/c1-5-9-13-24(14-10-6-2)18-12-11-17-19(22-18)25(20(26)21-17)16-15-23(7-3)8-4/h11-12H,5-10,13-16H2,1-4H3,(H,21,26). The summed E-state index contributed by atoms with van der Waals surface area (Å²) >= 11 is 0. The molecule has 146 valence electrons. The number of likely N-dealkylation sites (N-methyl/N-ethyl adjacent to an activating group) is 1. The second-order valence-electron chi connectivity index (χ2n) is 6.84. The van der Waals surface area contributed by atoms with Crippen LogP contribution in [0.4, 0.5) is 5.82 Å². The van der Waals surface area contributed by atoms with E-state index in [9.17, 15) is 4.79 Å². The van der Waals surface area contributed by atoms with Crippen molar-refractivity contribution in [1.29, 1.82) is 0 Å². The second kappa shape index (κ2) is 10.4. The predicted molar refractivity (Wildman–Crippen MR) is 110 cm³/mol. The summed E-state index contributed by atoms with van der Waals surface area (Å²) in [4.78, 5) is 24.9. The zero-order valence-electron chi connectivity index (χ0n) is 16.9. The van der Waals surface area contributed by atoms with Crippen LogP contribution in [-0.2, 0) is 6.54 Å². The first-order valence-corrected chi connectivity index (χ1v) is 10.2. The van der Waals surface area contributed by atoms with E-state index in [0.717, 1.165) is 62.5 Å². The van der Waals surface area contributed by atoms with Gasteiger partial charge in [-0.25, -0.2) is 9.78 Å². The number of rotatable bonds is 12. The van der Waals surface area contributed by atoms with Gasteiger partial charge in [-0.05, 0) is 38.1 Å². The molecule has 0 aliphatic rings. The van der Waals surface area contributed by atoms with Gasteiger partial charge in [-0.2, -0.15) is 0 Å². The highest BCUT2D eigenvalue weighted by atomic mass is 16.1. The third-order valence-electron chi connectivity index (χ3n) is 5.02. The lowest BCUT2D eigenvalue weighted by Gasteiger charge is -2.23.